The molecule has 28 heavy (non-hydrogen) atoms. The monoisotopic (exact) mass is 443 g/mol. The van der Waals surface area contributed by atoms with Crippen molar-refractivity contribution < 1.29 is 13.2 Å². The molecule has 0 heterocycles. The molecule has 6 nitrogen and oxygen atoms in total. The quantitative estimate of drug-likeness (QED) is 0.679. The molecule has 152 valence electrons. The molecule has 1 amide bonds. The number of sulfonamides is 1. The lowest BCUT2D eigenvalue weighted by molar-refractivity contribution is -0.117. The zero-order chi connectivity index (χ0) is 21.1. The summed E-state index contributed by atoms with van der Waals surface area (Å²) in [6.45, 7) is 3.66. The average Bonchev–Trinajstić information content (AvgIpc) is 2.62. The van der Waals surface area contributed by atoms with Crippen LogP contribution in [0, 0.1) is 0 Å². The van der Waals surface area contributed by atoms with E-state index in [1.54, 1.807) is 19.1 Å². The molecule has 0 aliphatic carbocycles. The Labute approximate surface area is 175 Å². The summed E-state index contributed by atoms with van der Waals surface area (Å²) in [4.78, 5) is 12.5. The lowest BCUT2D eigenvalue weighted by Gasteiger charge is -2.20. The normalized spacial score (nSPS) is 14.0. The number of rotatable bonds is 7. The largest absolute Gasteiger partial charge is 0.325 e. The molecule has 2 rings (SSSR count). The molecule has 2 aromatic rings. The van der Waals surface area contributed by atoms with Gasteiger partial charge in [0.1, 0.15) is 4.90 Å². The molecule has 2 atom stereocenters. The Kier molecular flexibility index (Phi) is 7.47. The van der Waals surface area contributed by atoms with Gasteiger partial charge in [0.2, 0.25) is 15.9 Å². The summed E-state index contributed by atoms with van der Waals surface area (Å²) in [7, 11) is -0.890. The van der Waals surface area contributed by atoms with Gasteiger partial charge in [0.25, 0.3) is 0 Å². The SMILES string of the molecule is CC(NC(C)c1cccc(Cl)c1)C(=O)Nc1ccc(Cl)c(S(=O)(=O)N(C)C)c1. The number of halogens is 2. The number of carbonyl (C=O) groups excluding carboxylic acids is 1. The van der Waals surface area contributed by atoms with Crippen LogP contribution in [0.1, 0.15) is 25.5 Å². The maximum Gasteiger partial charge on any atom is 0.244 e. The van der Waals surface area contributed by atoms with Gasteiger partial charge in [0.05, 0.1) is 11.1 Å². The Morgan fingerprint density at radius 2 is 1.75 bits per heavy atom. The molecule has 0 saturated carbocycles. The fourth-order valence-corrected chi connectivity index (χ4v) is 4.14. The van der Waals surface area contributed by atoms with Gasteiger partial charge < -0.3 is 5.32 Å². The van der Waals surface area contributed by atoms with Crippen molar-refractivity contribution in [2.45, 2.75) is 30.8 Å². The number of amides is 1. The molecule has 2 N–H and O–H groups in total. The van der Waals surface area contributed by atoms with Crippen molar-refractivity contribution in [1.82, 2.24) is 9.62 Å². The number of hydrogen-bond donors (Lipinski definition) is 2. The summed E-state index contributed by atoms with van der Waals surface area (Å²) < 4.78 is 25.8. The zero-order valence-electron chi connectivity index (χ0n) is 16.0. The van der Waals surface area contributed by atoms with Crippen molar-refractivity contribution in [3.8, 4) is 0 Å². The molecule has 2 aromatic carbocycles. The fourth-order valence-electron chi connectivity index (χ4n) is 2.55. The number of anilines is 1. The molecule has 0 radical (unpaired) electrons. The van der Waals surface area contributed by atoms with E-state index in [4.69, 9.17) is 23.2 Å². The lowest BCUT2D eigenvalue weighted by atomic mass is 10.1. The third-order valence-electron chi connectivity index (χ3n) is 4.20. The highest BCUT2D eigenvalue weighted by Gasteiger charge is 2.22. The van der Waals surface area contributed by atoms with Crippen LogP contribution >= 0.6 is 23.2 Å². The molecular weight excluding hydrogens is 421 g/mol. The third kappa shape index (κ3) is 5.46. The van der Waals surface area contributed by atoms with E-state index in [0.717, 1.165) is 9.87 Å². The zero-order valence-corrected chi connectivity index (χ0v) is 18.4. The van der Waals surface area contributed by atoms with E-state index in [-0.39, 0.29) is 21.9 Å². The smallest absolute Gasteiger partial charge is 0.244 e. The van der Waals surface area contributed by atoms with Crippen molar-refractivity contribution >= 4 is 44.8 Å². The molecule has 0 spiro atoms. The van der Waals surface area contributed by atoms with Crippen LogP contribution in [0.25, 0.3) is 0 Å². The minimum atomic E-state index is -3.72. The first-order valence-corrected chi connectivity index (χ1v) is 10.8. The van der Waals surface area contributed by atoms with Crippen LogP contribution in [0.15, 0.2) is 47.4 Å². The van der Waals surface area contributed by atoms with Gasteiger partial charge in [0.15, 0.2) is 0 Å². The van der Waals surface area contributed by atoms with Gasteiger partial charge in [-0.2, -0.15) is 0 Å². The summed E-state index contributed by atoms with van der Waals surface area (Å²) in [6.07, 6.45) is 0. The van der Waals surface area contributed by atoms with E-state index in [0.29, 0.717) is 10.7 Å². The van der Waals surface area contributed by atoms with Crippen LogP contribution in [0.3, 0.4) is 0 Å². The first-order valence-electron chi connectivity index (χ1n) is 8.57. The number of hydrogen-bond acceptors (Lipinski definition) is 4. The maximum absolute atomic E-state index is 12.5. The molecule has 0 aliphatic rings. The summed E-state index contributed by atoms with van der Waals surface area (Å²) in [5, 5.41) is 6.63. The van der Waals surface area contributed by atoms with Crippen LogP contribution in [-0.2, 0) is 14.8 Å². The van der Waals surface area contributed by atoms with Crippen molar-refractivity contribution in [3.05, 3.63) is 58.1 Å². The van der Waals surface area contributed by atoms with Gasteiger partial charge in [-0.15, -0.1) is 0 Å². The first-order chi connectivity index (χ1) is 13.0. The average molecular weight is 444 g/mol. The molecule has 9 heteroatoms. The van der Waals surface area contributed by atoms with Crippen LogP contribution in [0.2, 0.25) is 10.0 Å². The second-order valence-corrected chi connectivity index (χ2v) is 9.55. The van der Waals surface area contributed by atoms with Crippen LogP contribution in [0.4, 0.5) is 5.69 Å². The Morgan fingerprint density at radius 1 is 1.07 bits per heavy atom. The van der Waals surface area contributed by atoms with E-state index >= 15 is 0 Å². The maximum atomic E-state index is 12.5. The Bertz CT molecular complexity index is 965. The number of nitrogens with one attached hydrogen (secondary N) is 2. The molecule has 0 aromatic heterocycles. The van der Waals surface area contributed by atoms with E-state index < -0.39 is 16.1 Å². The topological polar surface area (TPSA) is 78.5 Å². The summed E-state index contributed by atoms with van der Waals surface area (Å²) in [6, 6.07) is 11.1. The van der Waals surface area contributed by atoms with Gasteiger partial charge in [-0.25, -0.2) is 12.7 Å². The van der Waals surface area contributed by atoms with Crippen molar-refractivity contribution in [2.75, 3.05) is 19.4 Å². The summed E-state index contributed by atoms with van der Waals surface area (Å²) >= 11 is 12.0. The van der Waals surface area contributed by atoms with Crippen LogP contribution in [-0.4, -0.2) is 38.8 Å². The standard InChI is InChI=1S/C19H23Cl2N3O3S/c1-12(14-6-5-7-15(20)10-14)22-13(2)19(25)23-16-8-9-17(21)18(11-16)28(26,27)24(3)4/h5-13,22H,1-4H3,(H,23,25). The van der Waals surface area contributed by atoms with Crippen LogP contribution < -0.4 is 10.6 Å². The molecule has 0 saturated heterocycles. The first kappa shape index (κ1) is 22.6. The van der Waals surface area contributed by atoms with Gasteiger partial charge in [0, 0.05) is 30.8 Å². The molecular formula is C19H23Cl2N3O3S. The number of carbonyl (C=O) groups is 1. The van der Waals surface area contributed by atoms with E-state index in [1.165, 1.54) is 26.2 Å². The van der Waals surface area contributed by atoms with Gasteiger partial charge in [-0.1, -0.05) is 35.3 Å². The van der Waals surface area contributed by atoms with Crippen molar-refractivity contribution in [3.63, 3.8) is 0 Å². The molecule has 0 bridgehead atoms. The number of benzene rings is 2. The van der Waals surface area contributed by atoms with E-state index in [9.17, 15) is 13.2 Å². The Hall–Kier alpha value is -1.64. The summed E-state index contributed by atoms with van der Waals surface area (Å²) in [5.74, 6) is -0.301. The van der Waals surface area contributed by atoms with Gasteiger partial charge in [-0.3, -0.25) is 10.1 Å². The third-order valence-corrected chi connectivity index (χ3v) is 6.73. The highest BCUT2D eigenvalue weighted by atomic mass is 35.5. The molecule has 0 fully saturated rings. The minimum Gasteiger partial charge on any atom is -0.325 e. The van der Waals surface area contributed by atoms with Crippen molar-refractivity contribution in [2.24, 2.45) is 0 Å². The Morgan fingerprint density at radius 3 is 2.36 bits per heavy atom. The fraction of sp³-hybridized carbons (Fsp3) is 0.316. The summed E-state index contributed by atoms with van der Waals surface area (Å²) in [5.41, 5.74) is 1.30. The van der Waals surface area contributed by atoms with Crippen molar-refractivity contribution in [1.29, 1.82) is 0 Å². The van der Waals surface area contributed by atoms with E-state index in [1.807, 2.05) is 25.1 Å². The highest BCUT2D eigenvalue weighted by molar-refractivity contribution is 7.89. The van der Waals surface area contributed by atoms with Gasteiger partial charge >= 0.3 is 0 Å². The van der Waals surface area contributed by atoms with Gasteiger partial charge in [-0.05, 0) is 49.7 Å². The second kappa shape index (κ2) is 9.24. The van der Waals surface area contributed by atoms with E-state index in [2.05, 4.69) is 10.6 Å². The van der Waals surface area contributed by atoms with Crippen LogP contribution in [0.5, 0.6) is 0 Å². The second-order valence-electron chi connectivity index (χ2n) is 6.59. The lowest BCUT2D eigenvalue weighted by Crippen LogP contribution is -2.39. The predicted molar refractivity (Wildman–Crippen MR) is 113 cm³/mol. The minimum absolute atomic E-state index is 0.0649. The highest BCUT2D eigenvalue weighted by Crippen LogP contribution is 2.27. The molecule has 2 unspecified atom stereocenters. The predicted octanol–water partition coefficient (Wildman–Crippen LogP) is 3.92. The number of nitrogens with zero attached hydrogens (tertiary/aromatic N) is 1. The Balaban J connectivity index is 2.12. The molecule has 0 aliphatic heterocycles.